The first-order valence-electron chi connectivity index (χ1n) is 46.4. The van der Waals surface area contributed by atoms with Crippen molar-refractivity contribution < 1.29 is 203 Å². The van der Waals surface area contributed by atoms with Gasteiger partial charge in [0.15, 0.2) is 50.2 Å². The number of ether oxygens (including phenoxy) is 21. The molecule has 20 fully saturated rings. The van der Waals surface area contributed by atoms with Gasteiger partial charge in [0.1, 0.15) is 73.2 Å². The van der Waals surface area contributed by atoms with Crippen molar-refractivity contribution in [3.8, 4) is 0 Å². The van der Waals surface area contributed by atoms with Crippen LogP contribution in [0.15, 0.2) is 72.9 Å². The Hall–Kier alpha value is -10.7. The lowest BCUT2D eigenvalue weighted by atomic mass is 9.73. The van der Waals surface area contributed by atoms with Crippen LogP contribution in [0.1, 0.15) is 151 Å². The molecule has 34 atom stereocenters. The Labute approximate surface area is 787 Å². The first-order chi connectivity index (χ1) is 65.2. The number of hydrogen-bond acceptors (Lipinski definition) is 37. The van der Waals surface area contributed by atoms with Crippen LogP contribution in [0.25, 0.3) is 0 Å². The van der Waals surface area contributed by atoms with Crippen LogP contribution >= 0.6 is 0 Å². The predicted octanol–water partition coefficient (Wildman–Crippen LogP) is 8.23. The minimum absolute atomic E-state index is 0.0938. The zero-order valence-electron chi connectivity index (χ0n) is 77.1. The van der Waals surface area contributed by atoms with Gasteiger partial charge in [0.2, 0.25) is 0 Å². The monoisotopic (exact) mass is 1960 g/mol. The summed E-state index contributed by atoms with van der Waals surface area (Å²) in [5.74, 6) is -17.1. The Morgan fingerprint density at radius 3 is 0.993 bits per heavy atom. The van der Waals surface area contributed by atoms with Gasteiger partial charge in [-0.05, 0) is 113 Å². The lowest BCUT2D eigenvalue weighted by molar-refractivity contribution is -0.231. The highest BCUT2D eigenvalue weighted by Gasteiger charge is 2.84. The minimum Gasteiger partial charge on any atom is -0.458 e. The average molecular weight is 1960 g/mol. The molecular formula is C95H112F6O37. The van der Waals surface area contributed by atoms with E-state index in [2.05, 4.69) is 39.5 Å². The van der Waals surface area contributed by atoms with E-state index in [9.17, 15) is 103 Å². The molecular weight excluding hydrogens is 1850 g/mol. The van der Waals surface area contributed by atoms with Gasteiger partial charge in [-0.15, -0.1) is 0 Å². The highest BCUT2D eigenvalue weighted by molar-refractivity contribution is 5.94. The van der Waals surface area contributed by atoms with Gasteiger partial charge in [0, 0.05) is 113 Å². The molecule has 8 aliphatic heterocycles. The van der Waals surface area contributed by atoms with Crippen molar-refractivity contribution in [2.75, 3.05) is 40.9 Å². The van der Waals surface area contributed by atoms with E-state index in [0.717, 1.165) is 51.4 Å². The summed E-state index contributed by atoms with van der Waals surface area (Å²) in [5, 5.41) is 0. The van der Waals surface area contributed by atoms with Gasteiger partial charge < -0.3 is 99.5 Å². The van der Waals surface area contributed by atoms with Crippen LogP contribution in [0.3, 0.4) is 0 Å². The number of carbonyl (C=O) groups is 16. The quantitative estimate of drug-likeness (QED) is 0.0186. The third kappa shape index (κ3) is 18.3. The molecule has 138 heavy (non-hydrogen) atoms. The largest absolute Gasteiger partial charge is 0.458 e. The SMILES string of the molecule is C=C(C)C(=O)OC1C2CC3(C(F)(F)F)C(=O)OC1C3O2.C=C(C)C(=O)OC1C2CC3C1OC(=O)C3(C(F)(F)F)C2.C=C(C)C(=O)OC1C2CC3C1OC(=O)C3C2C(=O)OCOC.C=C(C)C(=O)OC1C2CC3C1OC(=O)C3C2C(=O)OCOC1CCCC1.C=C(C)C(=O)OC1C2CC3C1OC(=O)C3C2C(=O)OCOC1CCCCC1.C=C(C)C(=O)OC1C2CC3C1OC(=O)C3C2C(=O)OCOCC. The molecule has 8 saturated heterocycles. The molecule has 37 nitrogen and oxygen atoms in total. The van der Waals surface area contributed by atoms with Crippen molar-refractivity contribution >= 4 is 95.5 Å². The lowest BCUT2D eigenvalue weighted by Gasteiger charge is -2.33. The molecule has 12 aliphatic carbocycles. The molecule has 0 aromatic heterocycles. The van der Waals surface area contributed by atoms with Crippen molar-refractivity contribution in [3.05, 3.63) is 72.9 Å². The van der Waals surface area contributed by atoms with Crippen molar-refractivity contribution in [2.45, 2.75) is 261 Å². The number of rotatable bonds is 27. The second kappa shape index (κ2) is 39.8. The highest BCUT2D eigenvalue weighted by atomic mass is 19.4. The fraction of sp³-hybridized carbons (Fsp3) is 0.705. The van der Waals surface area contributed by atoms with E-state index in [1.165, 1.54) is 27.4 Å². The van der Waals surface area contributed by atoms with E-state index in [-0.39, 0.29) is 133 Å². The maximum absolute atomic E-state index is 13.2. The normalized spacial score (nSPS) is 38.6. The number of alkyl halides is 6. The van der Waals surface area contributed by atoms with Crippen molar-refractivity contribution in [1.29, 1.82) is 0 Å². The number of carbonyl (C=O) groups excluding carboxylic acids is 16. The van der Waals surface area contributed by atoms with Gasteiger partial charge in [-0.3, -0.25) is 47.9 Å². The standard InChI is InChI=1S/C20H26O7.C19H24O7.C16H20O7.C15H18O7.C13H13F3O4.C12H11F3O5/c1-10(2)18(21)26-16-12-8-13-15(20(23)27-17(13)16)14(12)19(22)25-9-24-11-6-4-3-5-7-11;1-9(2)17(20)25-15-11-7-12-14(19(22)26-16(12)15)13(11)18(21)24-8-23-10-5-3-4-6-10;1-4-20-6-21-15(18)10-8-5-9-11(10)16(19)23-13(9)12(8)22-14(17)7(2)3;1-6(2)13(16)21-11-7-4-8-10(15(18)22-12(8)11)9(7)14(17)20-5-19-3;1-5(2)10(17)19-8-6-3-7-9(8)20-11(18)12(7,4-6)13(14,15)16;1-4(2)9(16)19-6-5-3-11(12(13,14)15)8(18-5)7(6)20-10(11)17/h11-17H,1,3-9H2,2H3;10-16H,1,3-8H2,2H3;8-13H,2,4-6H2,1,3H3;7-12H,1,4-5H2,2-3H3;6-9H,1,3-4H2,2H3;5-8H,1,3H2,2H3. The predicted molar refractivity (Wildman–Crippen MR) is 442 cm³/mol. The maximum atomic E-state index is 13.2. The topological polar surface area (TPSA) is 467 Å². The average Bonchev–Trinajstić information content (AvgIpc) is 1.52. The van der Waals surface area contributed by atoms with Crippen LogP contribution < -0.4 is 0 Å². The molecule has 0 N–H and O–H groups in total. The van der Waals surface area contributed by atoms with Gasteiger partial charge in [-0.2, -0.15) is 26.3 Å². The Balaban J connectivity index is 0.000000126. The first-order valence-corrected chi connectivity index (χ1v) is 46.4. The van der Waals surface area contributed by atoms with Gasteiger partial charge in [0.25, 0.3) is 0 Å². The van der Waals surface area contributed by atoms with E-state index in [4.69, 9.17) is 99.5 Å². The Kier molecular flexibility index (Phi) is 29.3. The number of fused-ring (bicyclic) bond motifs is 6. The van der Waals surface area contributed by atoms with Crippen LogP contribution in [-0.4, -0.2) is 246 Å². The molecule has 0 aromatic carbocycles. The van der Waals surface area contributed by atoms with Crippen LogP contribution in [0.2, 0.25) is 0 Å². The molecule has 0 spiro atoms. The zero-order valence-corrected chi connectivity index (χ0v) is 77.1. The first kappa shape index (κ1) is 102. The van der Waals surface area contributed by atoms with Crippen LogP contribution in [0.5, 0.6) is 0 Å². The zero-order chi connectivity index (χ0) is 100. The minimum atomic E-state index is -4.75. The molecule has 0 aromatic rings. The third-order valence-electron chi connectivity index (χ3n) is 31.0. The van der Waals surface area contributed by atoms with Crippen molar-refractivity contribution in [1.82, 2.24) is 0 Å². The van der Waals surface area contributed by atoms with Gasteiger partial charge in [0.05, 0.1) is 59.6 Å². The fourth-order valence-electron chi connectivity index (χ4n) is 24.9. The molecule has 20 aliphatic rings. The molecule has 34 unspecified atom stereocenters. The number of hydrogen-bond donors (Lipinski definition) is 0. The van der Waals surface area contributed by atoms with Gasteiger partial charge in [-0.25, -0.2) is 28.8 Å². The molecule has 12 saturated carbocycles. The lowest BCUT2D eigenvalue weighted by Crippen LogP contribution is -2.52. The molecule has 43 heteroatoms. The summed E-state index contributed by atoms with van der Waals surface area (Å²) in [4.78, 5) is 192. The third-order valence-corrected chi connectivity index (χ3v) is 31.0. The number of halogens is 6. The molecule has 756 valence electrons. The maximum Gasteiger partial charge on any atom is 0.407 e. The van der Waals surface area contributed by atoms with E-state index in [0.29, 0.717) is 32.3 Å². The molecule has 8 heterocycles. The molecule has 0 radical (unpaired) electrons. The van der Waals surface area contributed by atoms with Crippen LogP contribution in [-0.2, 0) is 176 Å². The van der Waals surface area contributed by atoms with E-state index < -0.39 is 270 Å². The van der Waals surface area contributed by atoms with Gasteiger partial charge in [-0.1, -0.05) is 71.6 Å². The van der Waals surface area contributed by atoms with Crippen LogP contribution in [0, 0.1) is 117 Å². The summed E-state index contributed by atoms with van der Waals surface area (Å²) in [6.45, 7) is 31.8. The van der Waals surface area contributed by atoms with E-state index >= 15 is 0 Å². The summed E-state index contributed by atoms with van der Waals surface area (Å²) in [6.07, 6.45) is -8.34. The van der Waals surface area contributed by atoms with E-state index in [1.54, 1.807) is 34.6 Å². The molecule has 0 amide bonds. The second-order valence-electron chi connectivity index (χ2n) is 39.4. The summed E-state index contributed by atoms with van der Waals surface area (Å²) in [6, 6.07) is 0. The summed E-state index contributed by atoms with van der Waals surface area (Å²) in [7, 11) is 1.41. The van der Waals surface area contributed by atoms with Crippen molar-refractivity contribution in [2.24, 2.45) is 117 Å². The van der Waals surface area contributed by atoms with E-state index in [1.807, 2.05) is 0 Å². The Morgan fingerprint density at radius 2 is 0.667 bits per heavy atom. The molecule has 20 rings (SSSR count). The number of esters is 16. The second-order valence-corrected chi connectivity index (χ2v) is 39.4. The van der Waals surface area contributed by atoms with Gasteiger partial charge >= 0.3 is 108 Å². The Morgan fingerprint density at radius 1 is 0.362 bits per heavy atom. The summed E-state index contributed by atoms with van der Waals surface area (Å²) < 4.78 is 189. The summed E-state index contributed by atoms with van der Waals surface area (Å²) >= 11 is 0. The van der Waals surface area contributed by atoms with Crippen LogP contribution in [0.4, 0.5) is 26.3 Å². The summed E-state index contributed by atoms with van der Waals surface area (Å²) in [5.41, 5.74) is -3.65. The molecule has 12 bridgehead atoms. The fourth-order valence-corrected chi connectivity index (χ4v) is 24.9. The highest BCUT2D eigenvalue weighted by Crippen LogP contribution is 2.69. The number of methoxy groups -OCH3 is 1. The Bertz CT molecular complexity index is 4870. The smallest absolute Gasteiger partial charge is 0.407 e. The van der Waals surface area contributed by atoms with Crippen molar-refractivity contribution in [3.63, 3.8) is 0 Å².